The minimum absolute atomic E-state index is 0.162. The van der Waals surface area contributed by atoms with Gasteiger partial charge in [0, 0.05) is 5.56 Å². The quantitative estimate of drug-likeness (QED) is 0.121. The van der Waals surface area contributed by atoms with E-state index in [0.29, 0.717) is 0 Å². The molecule has 0 bridgehead atoms. The molecule has 0 fully saturated rings. The van der Waals surface area contributed by atoms with Crippen molar-refractivity contribution in [2.45, 2.75) is 91.2 Å². The summed E-state index contributed by atoms with van der Waals surface area (Å²) in [4.78, 5) is 12.6. The number of quaternary nitrogens is 1. The second kappa shape index (κ2) is 16.4. The number of hydrogen-bond donors (Lipinski definition) is 0. The van der Waals surface area contributed by atoms with E-state index in [1.54, 1.807) is 0 Å². The smallest absolute Gasteiger partial charge is 0.314 e. The van der Waals surface area contributed by atoms with E-state index in [4.69, 9.17) is 9.47 Å². The summed E-state index contributed by atoms with van der Waals surface area (Å²) >= 11 is 0. The second-order valence-electron chi connectivity index (χ2n) is 11.1. The number of esters is 1. The molecule has 0 aromatic heterocycles. The highest BCUT2D eigenvalue weighted by atomic mass is 16.6. The van der Waals surface area contributed by atoms with Gasteiger partial charge in [-0.15, -0.1) is 0 Å². The number of rotatable bonds is 18. The number of hydrogen-bond acceptors (Lipinski definition) is 3. The summed E-state index contributed by atoms with van der Waals surface area (Å²) in [7, 11) is 4.31. The average Bonchev–Trinajstić information content (AvgIpc) is 2.85. The van der Waals surface area contributed by atoms with Gasteiger partial charge < -0.3 is 14.0 Å². The largest absolute Gasteiger partial charge is 0.487 e. The van der Waals surface area contributed by atoms with Crippen LogP contribution in [0.1, 0.15) is 83.3 Å². The van der Waals surface area contributed by atoms with Gasteiger partial charge in [-0.2, -0.15) is 0 Å². The Morgan fingerprint density at radius 2 is 1.42 bits per heavy atom. The third-order valence-electron chi connectivity index (χ3n) is 6.66. The summed E-state index contributed by atoms with van der Waals surface area (Å²) in [6.45, 7) is 8.03. The van der Waals surface area contributed by atoms with Crippen molar-refractivity contribution in [1.29, 1.82) is 0 Å². The molecular formula is C32H50NO3+. The van der Waals surface area contributed by atoms with Crippen molar-refractivity contribution in [3.63, 3.8) is 0 Å². The molecule has 0 N–H and O–H groups in total. The van der Waals surface area contributed by atoms with Crippen LogP contribution < -0.4 is 4.74 Å². The highest BCUT2D eigenvalue weighted by molar-refractivity contribution is 5.72. The molecule has 4 nitrogen and oxygen atoms in total. The molecule has 0 spiro atoms. The maximum Gasteiger partial charge on any atom is 0.314 e. The van der Waals surface area contributed by atoms with Crippen molar-refractivity contribution < 1.29 is 18.8 Å². The van der Waals surface area contributed by atoms with Crippen LogP contribution in [0.15, 0.2) is 54.6 Å². The number of aryl methyl sites for hydroxylation is 1. The predicted octanol–water partition coefficient (Wildman–Crippen LogP) is 7.59. The summed E-state index contributed by atoms with van der Waals surface area (Å²) in [5, 5.41) is 0. The van der Waals surface area contributed by atoms with Gasteiger partial charge in [0.15, 0.2) is 0 Å². The Labute approximate surface area is 220 Å². The summed E-state index contributed by atoms with van der Waals surface area (Å²) in [5.74, 6) is 0.490. The topological polar surface area (TPSA) is 35.5 Å². The van der Waals surface area contributed by atoms with E-state index in [0.717, 1.165) is 29.7 Å². The van der Waals surface area contributed by atoms with E-state index < -0.39 is 0 Å². The van der Waals surface area contributed by atoms with Crippen molar-refractivity contribution in [3.05, 3.63) is 65.7 Å². The maximum atomic E-state index is 12.6. The van der Waals surface area contributed by atoms with Crippen LogP contribution >= 0.6 is 0 Å². The lowest BCUT2D eigenvalue weighted by atomic mass is 10.0. The highest BCUT2D eigenvalue weighted by Crippen LogP contribution is 2.18. The Morgan fingerprint density at radius 3 is 2.06 bits per heavy atom. The first kappa shape index (κ1) is 29.9. The SMILES string of the molecule is CCCCCCCCCCc1ccc(OC(C)COC(=O)C(C)C[N+](C)(C)Cc2ccccc2)cc1. The Morgan fingerprint density at radius 1 is 0.806 bits per heavy atom. The summed E-state index contributed by atoms with van der Waals surface area (Å²) in [6, 6.07) is 18.8. The molecule has 36 heavy (non-hydrogen) atoms. The molecule has 2 rings (SSSR count). The lowest BCUT2D eigenvalue weighted by Crippen LogP contribution is -2.44. The Kier molecular flexibility index (Phi) is 13.6. The molecule has 0 saturated carbocycles. The minimum Gasteiger partial charge on any atom is -0.487 e. The first-order valence-electron chi connectivity index (χ1n) is 14.1. The van der Waals surface area contributed by atoms with Crippen molar-refractivity contribution >= 4 is 5.97 Å². The van der Waals surface area contributed by atoms with Crippen LogP contribution in [0.5, 0.6) is 5.75 Å². The van der Waals surface area contributed by atoms with Gasteiger partial charge in [0.2, 0.25) is 0 Å². The molecule has 0 aliphatic carbocycles. The number of benzene rings is 2. The van der Waals surface area contributed by atoms with Gasteiger partial charge in [-0.25, -0.2) is 0 Å². The van der Waals surface area contributed by atoms with E-state index in [-0.39, 0.29) is 24.6 Å². The molecular weight excluding hydrogens is 446 g/mol. The zero-order chi connectivity index (χ0) is 26.2. The first-order chi connectivity index (χ1) is 17.3. The highest BCUT2D eigenvalue weighted by Gasteiger charge is 2.26. The van der Waals surface area contributed by atoms with Crippen molar-refractivity contribution in [2.24, 2.45) is 5.92 Å². The van der Waals surface area contributed by atoms with Crippen LogP contribution in [0.3, 0.4) is 0 Å². The Balaban J connectivity index is 1.64. The van der Waals surface area contributed by atoms with Crippen LogP contribution in [0, 0.1) is 5.92 Å². The van der Waals surface area contributed by atoms with E-state index >= 15 is 0 Å². The molecule has 2 aromatic carbocycles. The molecule has 0 aliphatic rings. The van der Waals surface area contributed by atoms with Gasteiger partial charge in [0.1, 0.15) is 30.9 Å². The molecule has 0 amide bonds. The van der Waals surface area contributed by atoms with Crippen LogP contribution in [0.25, 0.3) is 0 Å². The number of carbonyl (C=O) groups excluding carboxylic acids is 1. The molecule has 2 unspecified atom stereocenters. The molecule has 0 heterocycles. The molecule has 4 heteroatoms. The van der Waals surface area contributed by atoms with Crippen molar-refractivity contribution in [1.82, 2.24) is 0 Å². The predicted molar refractivity (Wildman–Crippen MR) is 150 cm³/mol. The first-order valence-corrected chi connectivity index (χ1v) is 14.1. The normalized spacial score (nSPS) is 13.2. The monoisotopic (exact) mass is 496 g/mol. The Bertz CT molecular complexity index is 847. The van der Waals surface area contributed by atoms with Gasteiger partial charge in [0.25, 0.3) is 0 Å². The van der Waals surface area contributed by atoms with E-state index in [1.807, 2.05) is 32.0 Å². The van der Waals surface area contributed by atoms with Crippen molar-refractivity contribution in [3.8, 4) is 5.75 Å². The van der Waals surface area contributed by atoms with Crippen molar-refractivity contribution in [2.75, 3.05) is 27.2 Å². The van der Waals surface area contributed by atoms with E-state index in [9.17, 15) is 4.79 Å². The number of nitrogens with zero attached hydrogens (tertiary/aromatic N) is 1. The standard InChI is InChI=1S/C32H50NO3/c1-6-7-8-9-10-11-12-14-17-29-20-22-31(23-21-29)36-28(3)26-35-32(34)27(2)24-33(4,5)25-30-18-15-13-16-19-30/h13,15-16,18-23,27-28H,6-12,14,17,24-26H2,1-5H3/q+1. The van der Waals surface area contributed by atoms with Crippen LogP contribution in [0.2, 0.25) is 0 Å². The van der Waals surface area contributed by atoms with Crippen LogP contribution in [-0.2, 0) is 22.5 Å². The fourth-order valence-corrected chi connectivity index (χ4v) is 4.76. The third kappa shape index (κ3) is 12.6. The Hall–Kier alpha value is -2.33. The fourth-order valence-electron chi connectivity index (χ4n) is 4.76. The number of unbranched alkanes of at least 4 members (excludes halogenated alkanes) is 7. The molecule has 2 atom stereocenters. The van der Waals surface area contributed by atoms with Gasteiger partial charge >= 0.3 is 5.97 Å². The summed E-state index contributed by atoms with van der Waals surface area (Å²) in [5.41, 5.74) is 2.63. The van der Waals surface area contributed by atoms with Gasteiger partial charge in [-0.3, -0.25) is 4.79 Å². The van der Waals surface area contributed by atoms with Gasteiger partial charge in [-0.1, -0.05) is 94.3 Å². The average molecular weight is 497 g/mol. The lowest BCUT2D eigenvalue weighted by Gasteiger charge is -2.32. The molecule has 0 radical (unpaired) electrons. The maximum absolute atomic E-state index is 12.6. The third-order valence-corrected chi connectivity index (χ3v) is 6.66. The van der Waals surface area contributed by atoms with Crippen LogP contribution in [0.4, 0.5) is 0 Å². The summed E-state index contributed by atoms with van der Waals surface area (Å²) < 4.78 is 12.3. The fraction of sp³-hybridized carbons (Fsp3) is 0.594. The van der Waals surface area contributed by atoms with Gasteiger partial charge in [0.05, 0.1) is 20.6 Å². The molecule has 0 aliphatic heterocycles. The summed E-state index contributed by atoms with van der Waals surface area (Å²) in [6.07, 6.45) is 11.7. The zero-order valence-electron chi connectivity index (χ0n) is 23.5. The lowest BCUT2D eigenvalue weighted by molar-refractivity contribution is -0.905. The molecule has 0 saturated heterocycles. The second-order valence-corrected chi connectivity index (χ2v) is 11.1. The zero-order valence-corrected chi connectivity index (χ0v) is 23.5. The van der Waals surface area contributed by atoms with E-state index in [1.165, 1.54) is 62.5 Å². The number of ether oxygens (including phenoxy) is 2. The van der Waals surface area contributed by atoms with E-state index in [2.05, 4.69) is 57.4 Å². The molecule has 2 aromatic rings. The van der Waals surface area contributed by atoms with Gasteiger partial charge in [-0.05, 0) is 44.4 Å². The number of carbonyl (C=O) groups is 1. The molecule has 200 valence electrons. The minimum atomic E-state index is -0.188. The van der Waals surface area contributed by atoms with Crippen LogP contribution in [-0.4, -0.2) is 43.8 Å².